The Bertz CT molecular complexity index is 1460. The third-order valence-corrected chi connectivity index (χ3v) is 6.86. The Morgan fingerprint density at radius 2 is 2.00 bits per heavy atom. The minimum Gasteiger partial charge on any atom is -0.549 e. The third kappa shape index (κ3) is 4.16. The van der Waals surface area contributed by atoms with Crippen molar-refractivity contribution < 1.29 is 19.0 Å². The summed E-state index contributed by atoms with van der Waals surface area (Å²) in [6.07, 6.45) is 0. The number of fused-ring (bicyclic) bond motifs is 1. The van der Waals surface area contributed by atoms with E-state index in [4.69, 9.17) is 28.6 Å². The van der Waals surface area contributed by atoms with Crippen molar-refractivity contribution >= 4 is 63.2 Å². The van der Waals surface area contributed by atoms with Gasteiger partial charge in [0, 0.05) is 10.8 Å². The first kappa shape index (κ1) is 22.5. The van der Waals surface area contributed by atoms with Crippen LogP contribution in [0.15, 0.2) is 52.4 Å². The topological polar surface area (TPSA) is 89.2 Å². The molecule has 4 aromatic rings. The second kappa shape index (κ2) is 9.02. The number of carboxylic acid groups (broad SMARTS) is 1. The quantitative estimate of drug-likeness (QED) is 0.223. The normalized spacial score (nSPS) is 11.1. The minimum atomic E-state index is -1.33. The lowest BCUT2D eigenvalue weighted by Gasteiger charge is -2.14. The van der Waals surface area contributed by atoms with Crippen LogP contribution in [0.1, 0.15) is 0 Å². The number of ether oxygens (including phenoxy) is 1. The Hall–Kier alpha value is -2.73. The molecule has 4 rings (SSSR count). The first-order chi connectivity index (χ1) is 15.3. The Kier molecular flexibility index (Phi) is 6.33. The highest BCUT2D eigenvalue weighted by Crippen LogP contribution is 2.32. The van der Waals surface area contributed by atoms with Gasteiger partial charge in [-0.05, 0) is 54.7 Å². The van der Waals surface area contributed by atoms with Crippen LogP contribution in [0.25, 0.3) is 21.7 Å². The van der Waals surface area contributed by atoms with Crippen LogP contribution in [0.4, 0.5) is 4.39 Å². The number of methoxy groups -OCH3 is 1. The van der Waals surface area contributed by atoms with E-state index in [2.05, 4.69) is 4.98 Å². The van der Waals surface area contributed by atoms with Crippen LogP contribution in [0.2, 0.25) is 5.02 Å². The minimum absolute atomic E-state index is 0.0841. The highest BCUT2D eigenvalue weighted by atomic mass is 35.5. The molecule has 0 bridgehead atoms. The number of hydrogen-bond donors (Lipinski definition) is 0. The molecule has 0 aliphatic rings. The second-order valence-corrected chi connectivity index (χ2v) is 9.37. The maximum absolute atomic E-state index is 13.4. The van der Waals surface area contributed by atoms with Crippen LogP contribution in [-0.2, 0) is 4.79 Å². The fourth-order valence-corrected chi connectivity index (χ4v) is 5.20. The maximum atomic E-state index is 13.4. The van der Waals surface area contributed by atoms with Crippen LogP contribution in [0, 0.1) is 9.77 Å². The summed E-state index contributed by atoms with van der Waals surface area (Å²) in [5.41, 5.74) is 0.569. The zero-order chi connectivity index (χ0) is 23.0. The number of aromatic nitrogens is 3. The average molecular weight is 509 g/mol. The van der Waals surface area contributed by atoms with Gasteiger partial charge in [-0.3, -0.25) is 13.9 Å². The summed E-state index contributed by atoms with van der Waals surface area (Å²) in [4.78, 5) is 29.1. The second-order valence-electron chi connectivity index (χ2n) is 6.34. The average Bonchev–Trinajstić information content (AvgIpc) is 3.09. The highest BCUT2D eigenvalue weighted by molar-refractivity contribution is 7.99. The molecular formula is C20H12ClFN3O4S3-. The molecule has 0 radical (unpaired) electrons. The number of carboxylic acids is 1. The van der Waals surface area contributed by atoms with Gasteiger partial charge in [-0.1, -0.05) is 34.7 Å². The van der Waals surface area contributed by atoms with Crippen molar-refractivity contribution in [1.29, 1.82) is 0 Å². The van der Waals surface area contributed by atoms with E-state index in [1.165, 1.54) is 35.9 Å². The molecule has 0 unspecified atom stereocenters. The Morgan fingerprint density at radius 3 is 2.66 bits per heavy atom. The van der Waals surface area contributed by atoms with E-state index in [9.17, 15) is 19.1 Å². The fourth-order valence-electron chi connectivity index (χ4n) is 3.02. The molecule has 0 fully saturated rings. The molecule has 0 amide bonds. The zero-order valence-electron chi connectivity index (χ0n) is 16.2. The summed E-state index contributed by atoms with van der Waals surface area (Å²) in [5.74, 6) is -1.79. The van der Waals surface area contributed by atoms with Gasteiger partial charge in [-0.15, -0.1) is 0 Å². The van der Waals surface area contributed by atoms with Crippen molar-refractivity contribution in [3.8, 4) is 17.1 Å². The number of carbonyl (C=O) groups excluding carboxylic acids is 1. The summed E-state index contributed by atoms with van der Waals surface area (Å²) in [6, 6.07) is 10.1. The molecular weight excluding hydrogens is 497 g/mol. The fraction of sp³-hybridized carbons (Fsp3) is 0.100. The van der Waals surface area contributed by atoms with Crippen LogP contribution in [0.5, 0.6) is 5.75 Å². The molecule has 0 atom stereocenters. The predicted octanol–water partition coefficient (Wildman–Crippen LogP) is 3.61. The van der Waals surface area contributed by atoms with Crippen LogP contribution >= 0.6 is 46.9 Å². The molecule has 0 aliphatic heterocycles. The van der Waals surface area contributed by atoms with E-state index in [0.29, 0.717) is 26.1 Å². The van der Waals surface area contributed by atoms with Gasteiger partial charge in [0.25, 0.3) is 5.56 Å². The van der Waals surface area contributed by atoms with E-state index in [1.54, 1.807) is 22.8 Å². The van der Waals surface area contributed by atoms with Gasteiger partial charge in [0.2, 0.25) is 0 Å². The lowest BCUT2D eigenvalue weighted by molar-refractivity contribution is -0.301. The van der Waals surface area contributed by atoms with Crippen LogP contribution in [-0.4, -0.2) is 33.0 Å². The monoisotopic (exact) mass is 508 g/mol. The van der Waals surface area contributed by atoms with Crippen LogP contribution in [0.3, 0.4) is 0 Å². The molecule has 0 aliphatic carbocycles. The van der Waals surface area contributed by atoms with E-state index < -0.39 is 23.1 Å². The summed E-state index contributed by atoms with van der Waals surface area (Å²) in [6.45, 7) is 0. The van der Waals surface area contributed by atoms with Crippen molar-refractivity contribution in [3.63, 3.8) is 0 Å². The van der Waals surface area contributed by atoms with Crippen molar-refractivity contribution in [2.75, 3.05) is 12.9 Å². The largest absolute Gasteiger partial charge is 0.549 e. The Morgan fingerprint density at radius 1 is 1.28 bits per heavy atom. The van der Waals surface area contributed by atoms with E-state index in [0.717, 1.165) is 23.1 Å². The standard InChI is InChI=1S/C20H13ClFN3O4S3/c1-29-14-7-2-10(21)8-13(14)25-17-16(32-20(25)30)18(28)24(12-5-3-11(22)4-6-12)19(23-17)31-9-15(26)27/h2-8H,9H2,1H3,(H,26,27)/p-1. The first-order valence-corrected chi connectivity index (χ1v) is 11.5. The maximum Gasteiger partial charge on any atom is 0.278 e. The number of thiazole rings is 1. The molecule has 164 valence electrons. The van der Waals surface area contributed by atoms with Gasteiger partial charge in [-0.2, -0.15) is 0 Å². The highest BCUT2D eigenvalue weighted by Gasteiger charge is 2.21. The number of thioether (sulfide) groups is 1. The van der Waals surface area contributed by atoms with Gasteiger partial charge in [0.05, 0.1) is 24.5 Å². The Labute approximate surface area is 198 Å². The molecule has 7 nitrogen and oxygen atoms in total. The lowest BCUT2D eigenvalue weighted by atomic mass is 10.3. The molecule has 0 saturated heterocycles. The number of carbonyl (C=O) groups is 1. The molecule has 0 spiro atoms. The van der Waals surface area contributed by atoms with Gasteiger partial charge in [0.15, 0.2) is 14.8 Å². The number of rotatable bonds is 6. The first-order valence-electron chi connectivity index (χ1n) is 8.91. The predicted molar refractivity (Wildman–Crippen MR) is 123 cm³/mol. The van der Waals surface area contributed by atoms with Gasteiger partial charge < -0.3 is 14.6 Å². The van der Waals surface area contributed by atoms with Crippen molar-refractivity contribution in [1.82, 2.24) is 14.1 Å². The van der Waals surface area contributed by atoms with Gasteiger partial charge in [0.1, 0.15) is 16.3 Å². The number of hydrogen-bond acceptors (Lipinski definition) is 8. The molecule has 2 aromatic heterocycles. The Balaban J connectivity index is 2.05. The molecule has 2 aromatic carbocycles. The SMILES string of the molecule is COc1ccc(Cl)cc1-n1c(=S)sc2c(=O)n(-c3ccc(F)cc3)c(SCC(=O)[O-])nc21. The number of aliphatic carboxylic acids is 1. The molecule has 2 heterocycles. The lowest BCUT2D eigenvalue weighted by Crippen LogP contribution is -2.26. The van der Waals surface area contributed by atoms with E-state index >= 15 is 0 Å². The number of halogens is 2. The zero-order valence-corrected chi connectivity index (χ0v) is 19.4. The summed E-state index contributed by atoms with van der Waals surface area (Å²) < 4.78 is 22.2. The van der Waals surface area contributed by atoms with E-state index in [-0.39, 0.29) is 15.5 Å². The number of nitrogens with zero attached hydrogens (tertiary/aromatic N) is 3. The molecule has 0 N–H and O–H groups in total. The van der Waals surface area contributed by atoms with Gasteiger partial charge >= 0.3 is 0 Å². The molecule has 0 saturated carbocycles. The van der Waals surface area contributed by atoms with Crippen molar-refractivity contribution in [2.24, 2.45) is 0 Å². The van der Waals surface area contributed by atoms with Crippen LogP contribution < -0.4 is 15.4 Å². The summed E-state index contributed by atoms with van der Waals surface area (Å²) in [7, 11) is 1.49. The molecule has 12 heteroatoms. The summed E-state index contributed by atoms with van der Waals surface area (Å²) >= 11 is 13.5. The van der Waals surface area contributed by atoms with Crippen molar-refractivity contribution in [2.45, 2.75) is 5.16 Å². The third-order valence-electron chi connectivity index (χ3n) is 4.36. The van der Waals surface area contributed by atoms with Gasteiger partial charge in [-0.25, -0.2) is 9.37 Å². The smallest absolute Gasteiger partial charge is 0.278 e. The van der Waals surface area contributed by atoms with E-state index in [1.807, 2.05) is 0 Å². The molecule has 32 heavy (non-hydrogen) atoms. The summed E-state index contributed by atoms with van der Waals surface area (Å²) in [5, 5.41) is 11.6. The number of benzene rings is 2. The van der Waals surface area contributed by atoms with Crippen molar-refractivity contribution in [3.05, 3.63) is 67.6 Å².